The van der Waals surface area contributed by atoms with Gasteiger partial charge in [0.15, 0.2) is 0 Å². The van der Waals surface area contributed by atoms with Gasteiger partial charge in [0.05, 0.1) is 29.7 Å². The minimum Gasteiger partial charge on any atom is -0.491 e. The van der Waals surface area contributed by atoms with Crippen molar-refractivity contribution in [1.82, 2.24) is 9.55 Å². The van der Waals surface area contributed by atoms with Crippen molar-refractivity contribution < 1.29 is 9.84 Å². The predicted octanol–water partition coefficient (Wildman–Crippen LogP) is 2.21. The Morgan fingerprint density at radius 2 is 1.88 bits per heavy atom. The molecule has 0 saturated carbocycles. The van der Waals surface area contributed by atoms with Crippen LogP contribution in [0.2, 0.25) is 0 Å². The van der Waals surface area contributed by atoms with Crippen LogP contribution in [0.25, 0.3) is 10.9 Å². The van der Waals surface area contributed by atoms with E-state index in [1.54, 1.807) is 48.5 Å². The standard InChI is InChI=1S/C19H20N2O4/c1-12(2)25-14-7-5-6-13(10-14)17(22)11-21-18(23)15-8-3-4-9-16(15)20-19(21)24/h3-10,12,17,22H,11H2,1-2H3,(H,20,24). The Balaban J connectivity index is 1.94. The Morgan fingerprint density at radius 1 is 1.12 bits per heavy atom. The molecule has 0 bridgehead atoms. The largest absolute Gasteiger partial charge is 0.491 e. The Bertz CT molecular complexity index is 1000. The van der Waals surface area contributed by atoms with E-state index in [9.17, 15) is 14.7 Å². The number of ether oxygens (including phenoxy) is 1. The van der Waals surface area contributed by atoms with Crippen molar-refractivity contribution in [2.45, 2.75) is 32.6 Å². The molecule has 1 atom stereocenters. The Labute approximate surface area is 144 Å². The smallest absolute Gasteiger partial charge is 0.328 e. The van der Waals surface area contributed by atoms with E-state index in [1.807, 2.05) is 13.8 Å². The molecular formula is C19H20N2O4. The Kier molecular flexibility index (Phi) is 4.72. The van der Waals surface area contributed by atoms with E-state index >= 15 is 0 Å². The number of fused-ring (bicyclic) bond motifs is 1. The number of nitrogens with one attached hydrogen (secondary N) is 1. The molecule has 1 heterocycles. The number of nitrogens with zero attached hydrogens (tertiary/aromatic N) is 1. The highest BCUT2D eigenvalue weighted by atomic mass is 16.5. The Hall–Kier alpha value is -2.86. The van der Waals surface area contributed by atoms with E-state index in [0.29, 0.717) is 22.2 Å². The molecule has 6 heteroatoms. The maximum absolute atomic E-state index is 12.5. The fraction of sp³-hybridized carbons (Fsp3) is 0.263. The molecule has 6 nitrogen and oxygen atoms in total. The molecule has 0 fully saturated rings. The van der Waals surface area contributed by atoms with E-state index < -0.39 is 17.4 Å². The molecule has 25 heavy (non-hydrogen) atoms. The van der Waals surface area contributed by atoms with E-state index in [4.69, 9.17) is 4.74 Å². The van der Waals surface area contributed by atoms with Crippen molar-refractivity contribution in [1.29, 1.82) is 0 Å². The SMILES string of the molecule is CC(C)Oc1cccc(C(O)Cn2c(=O)[nH]c3ccccc3c2=O)c1. The number of H-pyrrole nitrogens is 1. The van der Waals surface area contributed by atoms with Gasteiger partial charge >= 0.3 is 5.69 Å². The summed E-state index contributed by atoms with van der Waals surface area (Å²) in [6.07, 6.45) is -0.992. The average Bonchev–Trinajstić information content (AvgIpc) is 2.58. The number of aliphatic hydroxyl groups excluding tert-OH is 1. The van der Waals surface area contributed by atoms with Gasteiger partial charge in [-0.05, 0) is 43.7 Å². The van der Waals surface area contributed by atoms with Gasteiger partial charge < -0.3 is 14.8 Å². The number of aromatic amines is 1. The first-order valence-electron chi connectivity index (χ1n) is 8.12. The van der Waals surface area contributed by atoms with Crippen LogP contribution in [-0.4, -0.2) is 20.8 Å². The molecule has 0 aliphatic heterocycles. The monoisotopic (exact) mass is 340 g/mol. The molecule has 130 valence electrons. The average molecular weight is 340 g/mol. The lowest BCUT2D eigenvalue weighted by molar-refractivity contribution is 0.152. The van der Waals surface area contributed by atoms with Crippen LogP contribution in [0.4, 0.5) is 0 Å². The summed E-state index contributed by atoms with van der Waals surface area (Å²) >= 11 is 0. The second kappa shape index (κ2) is 6.94. The summed E-state index contributed by atoms with van der Waals surface area (Å²) in [5.41, 5.74) is 0.0958. The molecule has 0 spiro atoms. The number of benzene rings is 2. The zero-order valence-electron chi connectivity index (χ0n) is 14.1. The summed E-state index contributed by atoms with van der Waals surface area (Å²) in [6, 6.07) is 13.8. The normalized spacial score (nSPS) is 12.5. The van der Waals surface area contributed by atoms with Crippen LogP contribution in [0.5, 0.6) is 5.75 Å². The molecule has 2 N–H and O–H groups in total. The van der Waals surface area contributed by atoms with Crippen LogP contribution < -0.4 is 16.0 Å². The molecular weight excluding hydrogens is 320 g/mol. The second-order valence-corrected chi connectivity index (χ2v) is 6.15. The number of para-hydroxylation sites is 1. The summed E-state index contributed by atoms with van der Waals surface area (Å²) in [7, 11) is 0. The zero-order chi connectivity index (χ0) is 18.0. The third kappa shape index (κ3) is 3.64. The van der Waals surface area contributed by atoms with Crippen molar-refractivity contribution in [2.75, 3.05) is 0 Å². The second-order valence-electron chi connectivity index (χ2n) is 6.15. The van der Waals surface area contributed by atoms with Crippen LogP contribution in [0.1, 0.15) is 25.5 Å². The summed E-state index contributed by atoms with van der Waals surface area (Å²) in [5.74, 6) is 0.631. The van der Waals surface area contributed by atoms with E-state index in [0.717, 1.165) is 4.57 Å². The summed E-state index contributed by atoms with van der Waals surface area (Å²) in [4.78, 5) is 27.4. The van der Waals surface area contributed by atoms with Gasteiger partial charge in [-0.25, -0.2) is 4.79 Å². The molecule has 0 saturated heterocycles. The molecule has 0 aliphatic rings. The van der Waals surface area contributed by atoms with Gasteiger partial charge in [-0.15, -0.1) is 0 Å². The summed E-state index contributed by atoms with van der Waals surface area (Å²) < 4.78 is 6.63. The first-order valence-corrected chi connectivity index (χ1v) is 8.12. The fourth-order valence-corrected chi connectivity index (χ4v) is 2.71. The van der Waals surface area contributed by atoms with Crippen molar-refractivity contribution in [3.05, 3.63) is 74.9 Å². The minimum atomic E-state index is -1.00. The maximum atomic E-state index is 12.5. The highest BCUT2D eigenvalue weighted by Gasteiger charge is 2.14. The lowest BCUT2D eigenvalue weighted by Crippen LogP contribution is -2.36. The van der Waals surface area contributed by atoms with Gasteiger partial charge in [-0.2, -0.15) is 0 Å². The highest BCUT2D eigenvalue weighted by molar-refractivity contribution is 5.76. The molecule has 0 amide bonds. The molecule has 1 unspecified atom stereocenters. The molecule has 3 aromatic rings. The fourth-order valence-electron chi connectivity index (χ4n) is 2.71. The molecule has 2 aromatic carbocycles. The topological polar surface area (TPSA) is 84.3 Å². The molecule has 0 aliphatic carbocycles. The quantitative estimate of drug-likeness (QED) is 0.746. The Morgan fingerprint density at radius 3 is 2.64 bits per heavy atom. The highest BCUT2D eigenvalue weighted by Crippen LogP contribution is 2.21. The van der Waals surface area contributed by atoms with Crippen molar-refractivity contribution in [3.8, 4) is 5.75 Å². The van der Waals surface area contributed by atoms with E-state index in [1.165, 1.54) is 0 Å². The van der Waals surface area contributed by atoms with Gasteiger partial charge in [-0.1, -0.05) is 24.3 Å². The van der Waals surface area contributed by atoms with E-state index in [2.05, 4.69) is 4.98 Å². The first kappa shape index (κ1) is 17.0. The van der Waals surface area contributed by atoms with Crippen molar-refractivity contribution in [3.63, 3.8) is 0 Å². The van der Waals surface area contributed by atoms with Gasteiger partial charge in [0.2, 0.25) is 0 Å². The number of aromatic nitrogens is 2. The van der Waals surface area contributed by atoms with Crippen molar-refractivity contribution >= 4 is 10.9 Å². The van der Waals surface area contributed by atoms with Gasteiger partial charge in [0.1, 0.15) is 5.75 Å². The van der Waals surface area contributed by atoms with Crippen LogP contribution in [0.3, 0.4) is 0 Å². The predicted molar refractivity (Wildman–Crippen MR) is 96.0 cm³/mol. The first-order chi connectivity index (χ1) is 12.0. The summed E-state index contributed by atoms with van der Waals surface area (Å²) in [5, 5.41) is 10.9. The van der Waals surface area contributed by atoms with Crippen LogP contribution in [0, 0.1) is 0 Å². The third-order valence-corrected chi connectivity index (χ3v) is 3.86. The molecule has 3 rings (SSSR count). The number of rotatable bonds is 5. The van der Waals surface area contributed by atoms with Crippen LogP contribution >= 0.6 is 0 Å². The molecule has 0 radical (unpaired) electrons. The zero-order valence-corrected chi connectivity index (χ0v) is 14.1. The maximum Gasteiger partial charge on any atom is 0.328 e. The number of aliphatic hydroxyl groups is 1. The van der Waals surface area contributed by atoms with Crippen LogP contribution in [-0.2, 0) is 6.54 Å². The summed E-state index contributed by atoms with van der Waals surface area (Å²) in [6.45, 7) is 3.69. The van der Waals surface area contributed by atoms with Gasteiger partial charge in [-0.3, -0.25) is 9.36 Å². The van der Waals surface area contributed by atoms with Gasteiger partial charge in [0.25, 0.3) is 5.56 Å². The van der Waals surface area contributed by atoms with Crippen molar-refractivity contribution in [2.24, 2.45) is 0 Å². The van der Waals surface area contributed by atoms with E-state index in [-0.39, 0.29) is 12.6 Å². The number of hydrogen-bond donors (Lipinski definition) is 2. The molecule has 1 aromatic heterocycles. The van der Waals surface area contributed by atoms with Crippen LogP contribution in [0.15, 0.2) is 58.1 Å². The van der Waals surface area contributed by atoms with Gasteiger partial charge in [0, 0.05) is 0 Å². The minimum absolute atomic E-state index is 0.0124. The third-order valence-electron chi connectivity index (χ3n) is 3.86. The lowest BCUT2D eigenvalue weighted by Gasteiger charge is -2.15. The number of hydrogen-bond acceptors (Lipinski definition) is 4. The lowest BCUT2D eigenvalue weighted by atomic mass is 10.1.